The Hall–Kier alpha value is -3.37. The second kappa shape index (κ2) is 10.7. The van der Waals surface area contributed by atoms with E-state index in [2.05, 4.69) is 24.1 Å². The summed E-state index contributed by atoms with van der Waals surface area (Å²) in [7, 11) is -3.83. The molecule has 0 aliphatic heterocycles. The molecular weight excluding hydrogens is 458 g/mol. The number of fused-ring (bicyclic) bond motifs is 1. The van der Waals surface area contributed by atoms with Crippen LogP contribution >= 0.6 is 0 Å². The van der Waals surface area contributed by atoms with Gasteiger partial charge in [0, 0.05) is 48.8 Å². The standard InChI is InChI=1S/C24H29N3O6S/c1-4-27(5-2)18-9-10-20-16(3)21(23(28)33-22(20)14-18)11-12-32-24(29)26-15-17-7-6-8-19(13-17)34(25,30)31/h6-10,13-14H,4-5,11-12,15H2,1-3H3,(H,26,29)(H2,25,30,31). The maximum atomic E-state index is 12.6. The highest BCUT2D eigenvalue weighted by Gasteiger charge is 2.14. The number of amides is 1. The van der Waals surface area contributed by atoms with Crippen LogP contribution in [0.3, 0.4) is 0 Å². The molecule has 1 heterocycles. The number of primary sulfonamides is 1. The number of carbonyl (C=O) groups is 1. The Morgan fingerprint density at radius 3 is 2.56 bits per heavy atom. The fraction of sp³-hybridized carbons (Fsp3) is 0.333. The van der Waals surface area contributed by atoms with E-state index in [1.807, 2.05) is 25.1 Å². The van der Waals surface area contributed by atoms with Crippen LogP contribution in [0.4, 0.5) is 10.5 Å². The van der Waals surface area contributed by atoms with Crippen LogP contribution in [0.1, 0.15) is 30.5 Å². The van der Waals surface area contributed by atoms with Gasteiger partial charge < -0.3 is 19.4 Å². The molecule has 2 aromatic carbocycles. The minimum Gasteiger partial charge on any atom is -0.449 e. The third-order valence-electron chi connectivity index (χ3n) is 5.65. The lowest BCUT2D eigenvalue weighted by Gasteiger charge is -2.21. The van der Waals surface area contributed by atoms with Crippen LogP contribution < -0.4 is 21.0 Å². The van der Waals surface area contributed by atoms with Crippen LogP contribution in [0.2, 0.25) is 0 Å². The van der Waals surface area contributed by atoms with Crippen LogP contribution in [0.15, 0.2) is 56.6 Å². The van der Waals surface area contributed by atoms with Gasteiger partial charge in [0.1, 0.15) is 5.58 Å². The van der Waals surface area contributed by atoms with Crippen molar-refractivity contribution in [1.29, 1.82) is 0 Å². The molecule has 0 radical (unpaired) electrons. The number of carbonyl (C=O) groups excluding carboxylic acids is 1. The van der Waals surface area contributed by atoms with E-state index >= 15 is 0 Å². The molecule has 3 N–H and O–H groups in total. The number of benzene rings is 2. The summed E-state index contributed by atoms with van der Waals surface area (Å²) in [5.41, 5.74) is 2.86. The zero-order chi connectivity index (χ0) is 24.9. The molecule has 0 aliphatic carbocycles. The molecule has 1 amide bonds. The Kier molecular flexibility index (Phi) is 7.95. The summed E-state index contributed by atoms with van der Waals surface area (Å²) in [6, 6.07) is 11.8. The molecule has 0 aliphatic rings. The minimum atomic E-state index is -3.83. The van der Waals surface area contributed by atoms with Crippen molar-refractivity contribution in [3.63, 3.8) is 0 Å². The Morgan fingerprint density at radius 1 is 1.15 bits per heavy atom. The number of sulfonamides is 1. The van der Waals surface area contributed by atoms with E-state index in [1.165, 1.54) is 18.2 Å². The second-order valence-electron chi connectivity index (χ2n) is 7.78. The molecule has 3 aromatic rings. The van der Waals surface area contributed by atoms with E-state index in [-0.39, 0.29) is 24.5 Å². The van der Waals surface area contributed by atoms with Crippen molar-refractivity contribution >= 4 is 32.8 Å². The Morgan fingerprint density at radius 2 is 1.88 bits per heavy atom. The number of anilines is 1. The van der Waals surface area contributed by atoms with Crippen LogP contribution in [0, 0.1) is 6.92 Å². The topological polar surface area (TPSA) is 132 Å². The van der Waals surface area contributed by atoms with Gasteiger partial charge in [-0.3, -0.25) is 0 Å². The highest BCUT2D eigenvalue weighted by molar-refractivity contribution is 7.89. The van der Waals surface area contributed by atoms with Crippen LogP contribution in [-0.2, 0) is 27.7 Å². The van der Waals surface area contributed by atoms with Crippen molar-refractivity contribution in [2.45, 2.75) is 38.6 Å². The third kappa shape index (κ3) is 5.95. The first-order valence-corrected chi connectivity index (χ1v) is 12.5. The van der Waals surface area contributed by atoms with Crippen molar-refractivity contribution in [3.8, 4) is 0 Å². The predicted octanol–water partition coefficient (Wildman–Crippen LogP) is 3.06. The SMILES string of the molecule is CCN(CC)c1ccc2c(C)c(CCOC(=O)NCc3cccc(S(N)(=O)=O)c3)c(=O)oc2c1. The Balaban J connectivity index is 1.62. The summed E-state index contributed by atoms with van der Waals surface area (Å²) in [6.45, 7) is 7.72. The summed E-state index contributed by atoms with van der Waals surface area (Å²) in [4.78, 5) is 26.8. The van der Waals surface area contributed by atoms with Gasteiger partial charge in [-0.25, -0.2) is 23.1 Å². The monoisotopic (exact) mass is 487 g/mol. The van der Waals surface area contributed by atoms with Crippen molar-refractivity contribution < 1.29 is 22.4 Å². The lowest BCUT2D eigenvalue weighted by molar-refractivity contribution is 0.146. The molecule has 0 spiro atoms. The van der Waals surface area contributed by atoms with E-state index in [4.69, 9.17) is 14.3 Å². The molecule has 0 saturated heterocycles. The van der Waals surface area contributed by atoms with E-state index in [0.29, 0.717) is 16.7 Å². The fourth-order valence-electron chi connectivity index (χ4n) is 3.76. The summed E-state index contributed by atoms with van der Waals surface area (Å²) in [5, 5.41) is 8.51. The van der Waals surface area contributed by atoms with Crippen molar-refractivity contribution in [1.82, 2.24) is 5.32 Å². The molecule has 182 valence electrons. The normalized spacial score (nSPS) is 11.4. The van der Waals surface area contributed by atoms with Gasteiger partial charge in [-0.1, -0.05) is 12.1 Å². The summed E-state index contributed by atoms with van der Waals surface area (Å²) in [6.07, 6.45) is -0.483. The zero-order valence-corrected chi connectivity index (χ0v) is 20.3. The number of nitrogens with zero attached hydrogens (tertiary/aromatic N) is 1. The lowest BCUT2D eigenvalue weighted by atomic mass is 10.0. The first-order valence-electron chi connectivity index (χ1n) is 11.0. The second-order valence-corrected chi connectivity index (χ2v) is 9.34. The maximum Gasteiger partial charge on any atom is 0.407 e. The van der Waals surface area contributed by atoms with Gasteiger partial charge in [0.2, 0.25) is 10.0 Å². The van der Waals surface area contributed by atoms with Crippen molar-refractivity contribution in [3.05, 3.63) is 69.6 Å². The van der Waals surface area contributed by atoms with Gasteiger partial charge in [0.15, 0.2) is 0 Å². The zero-order valence-electron chi connectivity index (χ0n) is 19.5. The largest absolute Gasteiger partial charge is 0.449 e. The molecule has 0 bridgehead atoms. The molecule has 3 rings (SSSR count). The maximum absolute atomic E-state index is 12.6. The highest BCUT2D eigenvalue weighted by Crippen LogP contribution is 2.25. The van der Waals surface area contributed by atoms with Gasteiger partial charge in [-0.2, -0.15) is 0 Å². The van der Waals surface area contributed by atoms with E-state index < -0.39 is 21.7 Å². The molecule has 1 aromatic heterocycles. The molecule has 34 heavy (non-hydrogen) atoms. The number of hydrogen-bond acceptors (Lipinski definition) is 7. The molecule has 0 unspecified atom stereocenters. The number of hydrogen-bond donors (Lipinski definition) is 2. The number of rotatable bonds is 9. The van der Waals surface area contributed by atoms with Crippen LogP contribution in [0.5, 0.6) is 0 Å². The molecule has 0 fully saturated rings. The molecule has 10 heteroatoms. The third-order valence-corrected chi connectivity index (χ3v) is 6.56. The molecular formula is C24H29N3O6S. The van der Waals surface area contributed by atoms with E-state index in [9.17, 15) is 18.0 Å². The average Bonchev–Trinajstić information content (AvgIpc) is 2.80. The molecule has 0 atom stereocenters. The Bertz CT molecular complexity index is 1350. The van der Waals surface area contributed by atoms with Gasteiger partial charge in [0.25, 0.3) is 0 Å². The number of nitrogens with one attached hydrogen (secondary N) is 1. The van der Waals surface area contributed by atoms with Crippen LogP contribution in [-0.4, -0.2) is 34.2 Å². The van der Waals surface area contributed by atoms with E-state index in [0.717, 1.165) is 29.7 Å². The number of aryl methyl sites for hydroxylation is 1. The smallest absolute Gasteiger partial charge is 0.407 e. The summed E-state index contributed by atoms with van der Waals surface area (Å²) >= 11 is 0. The van der Waals surface area contributed by atoms with Gasteiger partial charge in [0.05, 0.1) is 11.5 Å². The van der Waals surface area contributed by atoms with Crippen molar-refractivity contribution in [2.24, 2.45) is 5.14 Å². The van der Waals surface area contributed by atoms with Gasteiger partial charge in [-0.05, 0) is 56.2 Å². The summed E-state index contributed by atoms with van der Waals surface area (Å²) in [5.74, 6) is 0. The predicted molar refractivity (Wildman–Crippen MR) is 130 cm³/mol. The van der Waals surface area contributed by atoms with Crippen molar-refractivity contribution in [2.75, 3.05) is 24.6 Å². The first-order chi connectivity index (χ1) is 16.1. The molecule has 0 saturated carbocycles. The number of ether oxygens (including phenoxy) is 1. The summed E-state index contributed by atoms with van der Waals surface area (Å²) < 4.78 is 33.6. The number of alkyl carbamates (subject to hydrolysis) is 1. The quantitative estimate of drug-likeness (QED) is 0.443. The first kappa shape index (κ1) is 25.3. The van der Waals surface area contributed by atoms with E-state index in [1.54, 1.807) is 6.07 Å². The fourth-order valence-corrected chi connectivity index (χ4v) is 4.34. The lowest BCUT2D eigenvalue weighted by Crippen LogP contribution is -2.25. The Labute approximate surface area is 198 Å². The highest BCUT2D eigenvalue weighted by atomic mass is 32.2. The number of nitrogens with two attached hydrogens (primary N) is 1. The van der Waals surface area contributed by atoms with Gasteiger partial charge in [-0.15, -0.1) is 0 Å². The minimum absolute atomic E-state index is 0.0162. The van der Waals surface area contributed by atoms with Crippen LogP contribution in [0.25, 0.3) is 11.0 Å². The molecule has 9 nitrogen and oxygen atoms in total. The average molecular weight is 488 g/mol. The van der Waals surface area contributed by atoms with Gasteiger partial charge >= 0.3 is 11.7 Å².